The highest BCUT2D eigenvalue weighted by Crippen LogP contribution is 2.33. The number of hydrogen-bond acceptors (Lipinski definition) is 7. The molecule has 2 aromatic carbocycles. The Morgan fingerprint density at radius 3 is 2.67 bits per heavy atom. The van der Waals surface area contributed by atoms with Gasteiger partial charge in [-0.25, -0.2) is 4.79 Å². The first-order valence-corrected chi connectivity index (χ1v) is 14.8. The van der Waals surface area contributed by atoms with E-state index < -0.39 is 6.10 Å². The number of carbonyl (C=O) groups is 1. The van der Waals surface area contributed by atoms with Gasteiger partial charge in [0.15, 0.2) is 5.58 Å². The Labute approximate surface area is 249 Å². The first kappa shape index (κ1) is 28.5. The van der Waals surface area contributed by atoms with E-state index in [9.17, 15) is 14.7 Å². The Morgan fingerprint density at radius 2 is 1.95 bits per heavy atom. The van der Waals surface area contributed by atoms with E-state index in [0.717, 1.165) is 59.5 Å². The molecule has 1 fully saturated rings. The molecule has 222 valence electrons. The maximum absolute atomic E-state index is 12.7. The fourth-order valence-corrected chi connectivity index (χ4v) is 6.46. The van der Waals surface area contributed by atoms with Gasteiger partial charge in [-0.15, -0.1) is 0 Å². The van der Waals surface area contributed by atoms with Crippen LogP contribution in [0.2, 0.25) is 5.02 Å². The van der Waals surface area contributed by atoms with Gasteiger partial charge in [-0.3, -0.25) is 14.0 Å². The average Bonchev–Trinajstić information content (AvgIpc) is 3.50. The molecule has 1 unspecified atom stereocenters. The highest BCUT2D eigenvalue weighted by molar-refractivity contribution is 6.31. The van der Waals surface area contributed by atoms with E-state index in [4.69, 9.17) is 25.9 Å². The molecule has 10 nitrogen and oxygen atoms in total. The van der Waals surface area contributed by atoms with Gasteiger partial charge in [-0.2, -0.15) is 5.10 Å². The van der Waals surface area contributed by atoms with E-state index in [1.807, 2.05) is 46.8 Å². The first-order valence-electron chi connectivity index (χ1n) is 14.4. The fourth-order valence-electron chi connectivity index (χ4n) is 6.34. The molecule has 42 heavy (non-hydrogen) atoms. The molecule has 0 aliphatic carbocycles. The Bertz CT molecular complexity index is 1680. The van der Waals surface area contributed by atoms with E-state index in [1.54, 1.807) is 24.7 Å². The lowest BCUT2D eigenvalue weighted by atomic mass is 9.99. The Kier molecular flexibility index (Phi) is 7.87. The number of likely N-dealkylation sites (tertiary alicyclic amines) is 1. The van der Waals surface area contributed by atoms with Crippen LogP contribution in [0.3, 0.4) is 0 Å². The van der Waals surface area contributed by atoms with Crippen LogP contribution in [0.25, 0.3) is 22.4 Å². The van der Waals surface area contributed by atoms with Crippen molar-refractivity contribution in [3.63, 3.8) is 0 Å². The lowest BCUT2D eigenvalue weighted by Crippen LogP contribution is -2.42. The SMILES string of the molecule is COc1ccc2c(c1)oc(=O)n2C1CCN(CC(O)Cn2nc(-c3ccc(Cl)c(C)c3)c3c2CCN(C(C)=O)C3)CC1. The number of β-amino-alcohol motifs (C(OH)–C–C–N with tert-alkyl or cyclic N) is 1. The molecule has 1 saturated heterocycles. The fraction of sp³-hybridized carbons (Fsp3) is 0.452. The molecule has 0 spiro atoms. The predicted molar refractivity (Wildman–Crippen MR) is 160 cm³/mol. The number of benzene rings is 2. The third-order valence-corrected chi connectivity index (χ3v) is 9.03. The molecule has 2 aliphatic heterocycles. The summed E-state index contributed by atoms with van der Waals surface area (Å²) >= 11 is 6.28. The molecule has 0 bridgehead atoms. The zero-order valence-electron chi connectivity index (χ0n) is 24.2. The van der Waals surface area contributed by atoms with Crippen molar-refractivity contribution in [3.8, 4) is 17.0 Å². The van der Waals surface area contributed by atoms with E-state index in [0.29, 0.717) is 49.0 Å². The molecule has 11 heteroatoms. The number of carbonyl (C=O) groups excluding carboxylic acids is 1. The number of ether oxygens (including phenoxy) is 1. The van der Waals surface area contributed by atoms with Crippen LogP contribution in [0.15, 0.2) is 45.6 Å². The second-order valence-electron chi connectivity index (χ2n) is 11.4. The van der Waals surface area contributed by atoms with Crippen LogP contribution in [-0.2, 0) is 24.3 Å². The number of nitrogens with zero attached hydrogens (tertiary/aromatic N) is 5. The minimum Gasteiger partial charge on any atom is -0.497 e. The summed E-state index contributed by atoms with van der Waals surface area (Å²) in [5.74, 6) is 0.341. The molecule has 1 atom stereocenters. The number of aliphatic hydroxyl groups excluding tert-OH is 1. The summed E-state index contributed by atoms with van der Waals surface area (Å²) in [7, 11) is 1.59. The van der Waals surface area contributed by atoms with Crippen molar-refractivity contribution in [1.82, 2.24) is 24.1 Å². The van der Waals surface area contributed by atoms with E-state index in [2.05, 4.69) is 4.90 Å². The van der Waals surface area contributed by atoms with Crippen molar-refractivity contribution in [3.05, 3.63) is 68.8 Å². The molecule has 6 rings (SSSR count). The second kappa shape index (κ2) is 11.6. The number of aromatic nitrogens is 3. The molecule has 1 amide bonds. The van der Waals surface area contributed by atoms with Gasteiger partial charge in [0.1, 0.15) is 5.75 Å². The lowest BCUT2D eigenvalue weighted by Gasteiger charge is -2.33. The van der Waals surface area contributed by atoms with Crippen LogP contribution in [0.1, 0.15) is 42.6 Å². The summed E-state index contributed by atoms with van der Waals surface area (Å²) < 4.78 is 14.4. The summed E-state index contributed by atoms with van der Waals surface area (Å²) in [6.45, 7) is 7.08. The number of oxazole rings is 1. The number of aryl methyl sites for hydroxylation is 1. The maximum Gasteiger partial charge on any atom is 0.420 e. The molecular weight excluding hydrogens is 558 g/mol. The predicted octanol–water partition coefficient (Wildman–Crippen LogP) is 4.03. The van der Waals surface area contributed by atoms with Crippen LogP contribution in [0.5, 0.6) is 5.75 Å². The molecule has 4 aromatic rings. The first-order chi connectivity index (χ1) is 20.2. The largest absolute Gasteiger partial charge is 0.497 e. The molecule has 2 aliphatic rings. The van der Waals surface area contributed by atoms with E-state index in [1.165, 1.54) is 0 Å². The van der Waals surface area contributed by atoms with Crippen molar-refractivity contribution < 1.29 is 19.1 Å². The second-order valence-corrected chi connectivity index (χ2v) is 11.8. The number of hydrogen-bond donors (Lipinski definition) is 1. The standard InChI is InChI=1S/C31H36ClN5O5/c1-19-14-21(4-6-26(19)32)30-25-18-35(20(2)38)13-10-27(25)36(33-30)17-23(39)16-34-11-8-22(9-12-34)37-28-7-5-24(41-3)15-29(28)42-31(37)40/h4-7,14-15,22-23,39H,8-13,16-18H2,1-3H3. The molecular formula is C31H36ClN5O5. The summed E-state index contributed by atoms with van der Waals surface area (Å²) in [5.41, 5.74) is 6.15. The summed E-state index contributed by atoms with van der Waals surface area (Å²) in [6, 6.07) is 11.3. The topological polar surface area (TPSA) is 106 Å². The van der Waals surface area contributed by atoms with Crippen molar-refractivity contribution in [2.45, 2.75) is 58.3 Å². The molecule has 2 aromatic heterocycles. The van der Waals surface area contributed by atoms with Crippen molar-refractivity contribution >= 4 is 28.6 Å². The van der Waals surface area contributed by atoms with Gasteiger partial charge in [-0.1, -0.05) is 17.7 Å². The molecule has 0 saturated carbocycles. The summed E-state index contributed by atoms with van der Waals surface area (Å²) in [6.07, 6.45) is 1.63. The van der Waals surface area contributed by atoms with Gasteiger partial charge in [0, 0.05) is 80.0 Å². The number of piperidine rings is 1. The van der Waals surface area contributed by atoms with Crippen LogP contribution in [0.4, 0.5) is 0 Å². The third kappa shape index (κ3) is 5.46. The number of rotatable bonds is 7. The van der Waals surface area contributed by atoms with Gasteiger partial charge >= 0.3 is 5.76 Å². The number of halogens is 1. The number of aliphatic hydroxyl groups is 1. The molecule has 0 radical (unpaired) electrons. The molecule has 4 heterocycles. The zero-order chi connectivity index (χ0) is 29.5. The maximum atomic E-state index is 12.7. The summed E-state index contributed by atoms with van der Waals surface area (Å²) in [4.78, 5) is 28.9. The quantitative estimate of drug-likeness (QED) is 0.345. The van der Waals surface area contributed by atoms with Crippen LogP contribution < -0.4 is 10.5 Å². The minimum absolute atomic E-state index is 0.0354. The van der Waals surface area contributed by atoms with E-state index >= 15 is 0 Å². The number of amides is 1. The van der Waals surface area contributed by atoms with Gasteiger partial charge in [0.2, 0.25) is 5.91 Å². The highest BCUT2D eigenvalue weighted by Gasteiger charge is 2.29. The van der Waals surface area contributed by atoms with Crippen molar-refractivity contribution in [1.29, 1.82) is 0 Å². The van der Waals surface area contributed by atoms with Gasteiger partial charge in [0.25, 0.3) is 0 Å². The smallest absolute Gasteiger partial charge is 0.420 e. The van der Waals surface area contributed by atoms with Gasteiger partial charge < -0.3 is 24.1 Å². The van der Waals surface area contributed by atoms with Gasteiger partial charge in [-0.05, 0) is 49.6 Å². The highest BCUT2D eigenvalue weighted by atomic mass is 35.5. The van der Waals surface area contributed by atoms with Gasteiger partial charge in [0.05, 0.1) is 31.0 Å². The normalized spacial score (nSPS) is 17.0. The Balaban J connectivity index is 1.15. The number of fused-ring (bicyclic) bond motifs is 2. The average molecular weight is 594 g/mol. The third-order valence-electron chi connectivity index (χ3n) is 8.61. The van der Waals surface area contributed by atoms with Crippen molar-refractivity contribution in [2.75, 3.05) is 33.3 Å². The lowest BCUT2D eigenvalue weighted by molar-refractivity contribution is -0.129. The van der Waals surface area contributed by atoms with Crippen LogP contribution >= 0.6 is 11.6 Å². The summed E-state index contributed by atoms with van der Waals surface area (Å²) in [5, 5.41) is 16.8. The minimum atomic E-state index is -0.624. The van der Waals surface area contributed by atoms with Crippen LogP contribution in [0, 0.1) is 6.92 Å². The monoisotopic (exact) mass is 593 g/mol. The zero-order valence-corrected chi connectivity index (χ0v) is 24.9. The Hall–Kier alpha value is -3.60. The van der Waals surface area contributed by atoms with E-state index in [-0.39, 0.29) is 17.7 Å². The molecule has 1 N–H and O–H groups in total. The Morgan fingerprint density at radius 1 is 1.17 bits per heavy atom. The van der Waals surface area contributed by atoms with Crippen molar-refractivity contribution in [2.24, 2.45) is 0 Å². The van der Waals surface area contributed by atoms with Crippen LogP contribution in [-0.4, -0.2) is 74.6 Å². The number of methoxy groups -OCH3 is 1.